The minimum Gasteiger partial charge on any atom is -0.449 e. The van der Waals surface area contributed by atoms with Gasteiger partial charge in [0, 0.05) is 15.4 Å². The number of hydrogen-bond donors (Lipinski definition) is 1. The molecule has 3 rings (SSSR count). The molecule has 0 unspecified atom stereocenters. The summed E-state index contributed by atoms with van der Waals surface area (Å²) in [5, 5.41) is 9.96. The van der Waals surface area contributed by atoms with E-state index in [-0.39, 0.29) is 15.6 Å². The maximum Gasteiger partial charge on any atom is 0.512 e. The van der Waals surface area contributed by atoms with Crippen LogP contribution in [0.1, 0.15) is 31.1 Å². The maximum atomic E-state index is 13.5. The summed E-state index contributed by atoms with van der Waals surface area (Å²) in [5.74, 6) is -0.392. The zero-order chi connectivity index (χ0) is 22.1. The molecule has 0 bridgehead atoms. The molecule has 30 heavy (non-hydrogen) atoms. The summed E-state index contributed by atoms with van der Waals surface area (Å²) in [7, 11) is 0. The van der Waals surface area contributed by atoms with Gasteiger partial charge in [0.05, 0.1) is 16.3 Å². The van der Waals surface area contributed by atoms with Gasteiger partial charge >= 0.3 is 6.16 Å². The molecule has 0 aliphatic rings. The van der Waals surface area contributed by atoms with Crippen LogP contribution in [0.25, 0.3) is 10.4 Å². The highest BCUT2D eigenvalue weighted by Crippen LogP contribution is 2.45. The van der Waals surface area contributed by atoms with Crippen molar-refractivity contribution in [1.29, 1.82) is 0 Å². The van der Waals surface area contributed by atoms with Crippen LogP contribution in [0.3, 0.4) is 0 Å². The number of benzene rings is 2. The molecule has 0 aliphatic carbocycles. The second-order valence-corrected chi connectivity index (χ2v) is 9.31. The van der Waals surface area contributed by atoms with Gasteiger partial charge in [0.1, 0.15) is 0 Å². The molecule has 0 saturated carbocycles. The number of thiophene rings is 1. The molecule has 1 N–H and O–H groups in total. The molecule has 3 aromatic rings. The van der Waals surface area contributed by atoms with E-state index in [9.17, 15) is 14.7 Å². The Kier molecular flexibility index (Phi) is 6.41. The summed E-state index contributed by atoms with van der Waals surface area (Å²) in [6.45, 7) is 5.54. The molecule has 0 atom stereocenters. The average Bonchev–Trinajstić information content (AvgIpc) is 3.03. The molecule has 156 valence electrons. The third-order valence-electron chi connectivity index (χ3n) is 4.19. The van der Waals surface area contributed by atoms with Crippen molar-refractivity contribution in [1.82, 2.24) is 0 Å². The Morgan fingerprint density at radius 1 is 1.03 bits per heavy atom. The molecular formula is C22H19Cl2NO4S. The lowest BCUT2D eigenvalue weighted by atomic mass is 10.0. The Morgan fingerprint density at radius 3 is 2.27 bits per heavy atom. The summed E-state index contributed by atoms with van der Waals surface area (Å²) < 4.78 is 5.05. The van der Waals surface area contributed by atoms with Crippen LogP contribution in [0.15, 0.2) is 54.6 Å². The van der Waals surface area contributed by atoms with E-state index in [1.165, 1.54) is 11.0 Å². The molecule has 1 amide bonds. The molecule has 5 nitrogen and oxygen atoms in total. The van der Waals surface area contributed by atoms with E-state index in [2.05, 4.69) is 0 Å². The van der Waals surface area contributed by atoms with Gasteiger partial charge in [-0.05, 0) is 50.6 Å². The van der Waals surface area contributed by atoms with Gasteiger partial charge < -0.3 is 9.84 Å². The second kappa shape index (κ2) is 8.68. The molecule has 1 aromatic heterocycles. The minimum atomic E-state index is -1.46. The van der Waals surface area contributed by atoms with E-state index in [1.54, 1.807) is 18.2 Å². The van der Waals surface area contributed by atoms with E-state index < -0.39 is 17.6 Å². The van der Waals surface area contributed by atoms with Gasteiger partial charge in [0.15, 0.2) is 0 Å². The largest absolute Gasteiger partial charge is 0.512 e. The first kappa shape index (κ1) is 22.2. The lowest BCUT2D eigenvalue weighted by Crippen LogP contribution is -2.46. The van der Waals surface area contributed by atoms with E-state index in [0.29, 0.717) is 10.7 Å². The fraction of sp³-hybridized carbons (Fsp3) is 0.182. The fourth-order valence-corrected chi connectivity index (χ4v) is 4.46. The molecule has 0 fully saturated rings. The Bertz CT molecular complexity index is 1090. The van der Waals surface area contributed by atoms with Crippen LogP contribution in [0.4, 0.5) is 10.5 Å². The zero-order valence-corrected chi connectivity index (χ0v) is 18.8. The maximum absolute atomic E-state index is 13.5. The number of hydrogen-bond acceptors (Lipinski definition) is 4. The second-order valence-electron chi connectivity index (χ2n) is 7.45. The van der Waals surface area contributed by atoms with E-state index in [0.717, 1.165) is 21.8 Å². The van der Waals surface area contributed by atoms with Crippen LogP contribution in [0.5, 0.6) is 5.06 Å². The highest BCUT2D eigenvalue weighted by Gasteiger charge is 2.34. The van der Waals surface area contributed by atoms with Crippen molar-refractivity contribution in [2.75, 3.05) is 4.90 Å². The SMILES string of the molecule is CC(C)(C)N(C(=O)c1ccc(Cl)cc1Cl)c1cc(-c2ccccc2)sc1OC(=O)O. The van der Waals surface area contributed by atoms with Gasteiger partial charge in [0.2, 0.25) is 5.06 Å². The van der Waals surface area contributed by atoms with Crippen LogP contribution in [0, 0.1) is 0 Å². The first-order valence-corrected chi connectivity index (χ1v) is 10.5. The summed E-state index contributed by atoms with van der Waals surface area (Å²) in [5.41, 5.74) is 0.787. The van der Waals surface area contributed by atoms with Gasteiger partial charge in [-0.3, -0.25) is 9.69 Å². The number of carbonyl (C=O) groups is 2. The number of nitrogens with zero attached hydrogens (tertiary/aromatic N) is 1. The van der Waals surface area contributed by atoms with Crippen molar-refractivity contribution in [3.05, 3.63) is 70.2 Å². The van der Waals surface area contributed by atoms with Gasteiger partial charge in [0.25, 0.3) is 5.91 Å². The number of anilines is 1. The Balaban J connectivity index is 2.17. The van der Waals surface area contributed by atoms with Crippen LogP contribution in [0.2, 0.25) is 10.0 Å². The molecule has 1 heterocycles. The summed E-state index contributed by atoms with van der Waals surface area (Å²) in [6, 6.07) is 15.8. The fourth-order valence-electron chi connectivity index (χ4n) is 2.98. The first-order valence-electron chi connectivity index (χ1n) is 8.97. The summed E-state index contributed by atoms with van der Waals surface area (Å²) in [6.07, 6.45) is -1.46. The predicted molar refractivity (Wildman–Crippen MR) is 121 cm³/mol. The van der Waals surface area contributed by atoms with Crippen molar-refractivity contribution in [2.24, 2.45) is 0 Å². The topological polar surface area (TPSA) is 66.8 Å². The van der Waals surface area contributed by atoms with Gasteiger partial charge in [-0.25, -0.2) is 4.79 Å². The third kappa shape index (κ3) is 4.78. The van der Waals surface area contributed by atoms with Crippen molar-refractivity contribution in [3.63, 3.8) is 0 Å². The monoisotopic (exact) mass is 463 g/mol. The number of rotatable bonds is 4. The molecule has 0 saturated heterocycles. The van der Waals surface area contributed by atoms with Crippen LogP contribution in [-0.2, 0) is 0 Å². The zero-order valence-electron chi connectivity index (χ0n) is 16.5. The Morgan fingerprint density at radius 2 is 1.70 bits per heavy atom. The van der Waals surface area contributed by atoms with Gasteiger partial charge in [-0.1, -0.05) is 64.9 Å². The first-order chi connectivity index (χ1) is 14.1. The van der Waals surface area contributed by atoms with Crippen molar-refractivity contribution in [2.45, 2.75) is 26.3 Å². The molecule has 0 spiro atoms. The van der Waals surface area contributed by atoms with Gasteiger partial charge in [-0.2, -0.15) is 0 Å². The summed E-state index contributed by atoms with van der Waals surface area (Å²) in [4.78, 5) is 27.1. The number of halogens is 2. The minimum absolute atomic E-state index is 0.106. The normalized spacial score (nSPS) is 11.2. The Labute approximate surface area is 188 Å². The molecule has 0 radical (unpaired) electrons. The lowest BCUT2D eigenvalue weighted by molar-refractivity contribution is 0.0963. The van der Waals surface area contributed by atoms with Crippen molar-refractivity contribution in [3.8, 4) is 15.5 Å². The van der Waals surface area contributed by atoms with E-state index in [4.69, 9.17) is 27.9 Å². The van der Waals surface area contributed by atoms with Crippen LogP contribution < -0.4 is 9.64 Å². The average molecular weight is 464 g/mol. The number of carboxylic acid groups (broad SMARTS) is 1. The summed E-state index contributed by atoms with van der Waals surface area (Å²) >= 11 is 13.4. The lowest BCUT2D eigenvalue weighted by Gasteiger charge is -2.35. The number of carbonyl (C=O) groups excluding carboxylic acids is 1. The highest BCUT2D eigenvalue weighted by atomic mass is 35.5. The highest BCUT2D eigenvalue weighted by molar-refractivity contribution is 7.18. The van der Waals surface area contributed by atoms with Crippen LogP contribution in [-0.4, -0.2) is 22.7 Å². The quantitative estimate of drug-likeness (QED) is 0.414. The molecular weight excluding hydrogens is 445 g/mol. The van der Waals surface area contributed by atoms with E-state index in [1.807, 2.05) is 51.1 Å². The molecule has 8 heteroatoms. The van der Waals surface area contributed by atoms with Crippen LogP contribution >= 0.6 is 34.5 Å². The van der Waals surface area contributed by atoms with E-state index >= 15 is 0 Å². The smallest absolute Gasteiger partial charge is 0.449 e. The standard InChI is InChI=1S/C22H19Cl2NO4S/c1-22(2,3)25(19(26)15-10-9-14(23)11-16(15)24)17-12-18(13-7-5-4-6-8-13)30-20(17)29-21(27)28/h4-12H,1-3H3,(H,27,28). The Hall–Kier alpha value is -2.54. The van der Waals surface area contributed by atoms with Gasteiger partial charge in [-0.15, -0.1) is 0 Å². The van der Waals surface area contributed by atoms with Crippen molar-refractivity contribution < 1.29 is 19.4 Å². The number of amides is 1. The molecule has 2 aromatic carbocycles. The predicted octanol–water partition coefficient (Wildman–Crippen LogP) is 7.22. The molecule has 0 aliphatic heterocycles. The number of ether oxygens (including phenoxy) is 1. The third-order valence-corrected chi connectivity index (χ3v) is 5.79. The van der Waals surface area contributed by atoms with Crippen molar-refractivity contribution >= 4 is 52.3 Å².